The quantitative estimate of drug-likeness (QED) is 0.111. The summed E-state index contributed by atoms with van der Waals surface area (Å²) >= 11 is 0. The standard InChI is InChI=1S/C29H56O4/c1-25(2)23-32-28(30)20-18-16-14-12-10-8-6-7-9-11-13-15-17-19-27(5)21-22-29(31)33-24-26(3)4/h25-27H,6-24H2,1-5H3. The molecule has 0 aliphatic rings. The number of hydrogen-bond acceptors (Lipinski definition) is 4. The van der Waals surface area contributed by atoms with Crippen LogP contribution in [0.1, 0.15) is 144 Å². The molecule has 0 aromatic carbocycles. The molecule has 33 heavy (non-hydrogen) atoms. The van der Waals surface area contributed by atoms with Crippen molar-refractivity contribution in [2.75, 3.05) is 13.2 Å². The Bertz CT molecular complexity index is 459. The van der Waals surface area contributed by atoms with Gasteiger partial charge in [-0.25, -0.2) is 0 Å². The average molecular weight is 469 g/mol. The van der Waals surface area contributed by atoms with Gasteiger partial charge in [-0.15, -0.1) is 0 Å². The predicted molar refractivity (Wildman–Crippen MR) is 139 cm³/mol. The Morgan fingerprint density at radius 2 is 0.848 bits per heavy atom. The molecule has 0 spiro atoms. The van der Waals surface area contributed by atoms with Crippen molar-refractivity contribution in [2.45, 2.75) is 144 Å². The maximum atomic E-state index is 11.7. The summed E-state index contributed by atoms with van der Waals surface area (Å²) in [6.45, 7) is 11.6. The molecular weight excluding hydrogens is 412 g/mol. The lowest BCUT2D eigenvalue weighted by Gasteiger charge is -2.11. The SMILES string of the molecule is CC(C)COC(=O)CCCCCCCCCCCCCCCC(C)CCC(=O)OCC(C)C. The van der Waals surface area contributed by atoms with Crippen LogP contribution in [0.15, 0.2) is 0 Å². The Morgan fingerprint density at radius 3 is 1.27 bits per heavy atom. The van der Waals surface area contributed by atoms with E-state index in [1.807, 2.05) is 0 Å². The summed E-state index contributed by atoms with van der Waals surface area (Å²) < 4.78 is 10.5. The molecule has 1 atom stereocenters. The molecule has 4 heteroatoms. The summed E-state index contributed by atoms with van der Waals surface area (Å²) in [4.78, 5) is 23.2. The summed E-state index contributed by atoms with van der Waals surface area (Å²) in [5.41, 5.74) is 0. The van der Waals surface area contributed by atoms with Crippen LogP contribution < -0.4 is 0 Å². The topological polar surface area (TPSA) is 52.6 Å². The number of hydrogen-bond donors (Lipinski definition) is 0. The van der Waals surface area contributed by atoms with Crippen LogP contribution in [-0.4, -0.2) is 25.2 Å². The van der Waals surface area contributed by atoms with Gasteiger partial charge in [0.2, 0.25) is 0 Å². The van der Waals surface area contributed by atoms with Crippen LogP contribution in [0.3, 0.4) is 0 Å². The van der Waals surface area contributed by atoms with Crippen molar-refractivity contribution in [3.63, 3.8) is 0 Å². The van der Waals surface area contributed by atoms with Crippen LogP contribution in [0.5, 0.6) is 0 Å². The summed E-state index contributed by atoms with van der Waals surface area (Å²) in [7, 11) is 0. The van der Waals surface area contributed by atoms with E-state index in [2.05, 4.69) is 34.6 Å². The minimum atomic E-state index is -0.0327. The van der Waals surface area contributed by atoms with Gasteiger partial charge < -0.3 is 9.47 Å². The normalized spacial score (nSPS) is 12.3. The minimum Gasteiger partial charge on any atom is -0.465 e. The van der Waals surface area contributed by atoms with Gasteiger partial charge in [-0.2, -0.15) is 0 Å². The van der Waals surface area contributed by atoms with Gasteiger partial charge in [0, 0.05) is 12.8 Å². The molecule has 0 heterocycles. The van der Waals surface area contributed by atoms with E-state index in [-0.39, 0.29) is 11.9 Å². The molecule has 0 N–H and O–H groups in total. The largest absolute Gasteiger partial charge is 0.465 e. The first-order chi connectivity index (χ1) is 15.8. The lowest BCUT2D eigenvalue weighted by Crippen LogP contribution is -2.11. The van der Waals surface area contributed by atoms with E-state index >= 15 is 0 Å². The fourth-order valence-electron chi connectivity index (χ4n) is 3.88. The van der Waals surface area contributed by atoms with Crippen LogP contribution in [0.2, 0.25) is 0 Å². The average Bonchev–Trinajstić information content (AvgIpc) is 2.77. The lowest BCUT2D eigenvalue weighted by molar-refractivity contribution is -0.145. The number of unbranched alkanes of at least 4 members (excludes halogenated alkanes) is 12. The number of carbonyl (C=O) groups is 2. The molecule has 0 aromatic heterocycles. The molecule has 4 nitrogen and oxygen atoms in total. The number of carbonyl (C=O) groups excluding carboxylic acids is 2. The molecular formula is C29H56O4. The highest BCUT2D eigenvalue weighted by Crippen LogP contribution is 2.17. The van der Waals surface area contributed by atoms with E-state index in [1.165, 1.54) is 77.0 Å². The third kappa shape index (κ3) is 25.4. The first kappa shape index (κ1) is 31.9. The van der Waals surface area contributed by atoms with Gasteiger partial charge in [0.15, 0.2) is 0 Å². The monoisotopic (exact) mass is 468 g/mol. The second-order valence-electron chi connectivity index (χ2n) is 10.9. The van der Waals surface area contributed by atoms with Crippen LogP contribution >= 0.6 is 0 Å². The van der Waals surface area contributed by atoms with E-state index in [0.29, 0.717) is 43.8 Å². The highest BCUT2D eigenvalue weighted by Gasteiger charge is 2.08. The van der Waals surface area contributed by atoms with Crippen molar-refractivity contribution >= 4 is 11.9 Å². The first-order valence-corrected chi connectivity index (χ1v) is 14.1. The lowest BCUT2D eigenvalue weighted by atomic mass is 9.97. The van der Waals surface area contributed by atoms with E-state index in [1.54, 1.807) is 0 Å². The minimum absolute atomic E-state index is 0.0303. The predicted octanol–water partition coefficient (Wildman–Crippen LogP) is 8.65. The summed E-state index contributed by atoms with van der Waals surface area (Å²) in [6, 6.07) is 0. The third-order valence-corrected chi connectivity index (χ3v) is 6.07. The van der Waals surface area contributed by atoms with E-state index in [0.717, 1.165) is 19.3 Å². The Hall–Kier alpha value is -1.06. The molecule has 196 valence electrons. The van der Waals surface area contributed by atoms with Gasteiger partial charge in [-0.05, 0) is 30.6 Å². The summed E-state index contributed by atoms with van der Waals surface area (Å²) in [6.07, 6.45) is 20.1. The van der Waals surface area contributed by atoms with Crippen molar-refractivity contribution in [1.29, 1.82) is 0 Å². The van der Waals surface area contributed by atoms with Crippen LogP contribution in [-0.2, 0) is 19.1 Å². The van der Waals surface area contributed by atoms with Crippen molar-refractivity contribution in [2.24, 2.45) is 17.8 Å². The van der Waals surface area contributed by atoms with Gasteiger partial charge in [-0.3, -0.25) is 9.59 Å². The van der Waals surface area contributed by atoms with Crippen molar-refractivity contribution < 1.29 is 19.1 Å². The molecule has 0 bridgehead atoms. The van der Waals surface area contributed by atoms with Gasteiger partial charge in [0.25, 0.3) is 0 Å². The maximum Gasteiger partial charge on any atom is 0.305 e. The Kier molecular flexibility index (Phi) is 22.0. The van der Waals surface area contributed by atoms with Crippen LogP contribution in [0, 0.1) is 17.8 Å². The molecule has 0 rings (SSSR count). The zero-order valence-electron chi connectivity index (χ0n) is 22.8. The third-order valence-electron chi connectivity index (χ3n) is 6.07. The number of esters is 2. The van der Waals surface area contributed by atoms with Crippen molar-refractivity contribution in [3.05, 3.63) is 0 Å². The maximum absolute atomic E-state index is 11.7. The summed E-state index contributed by atoms with van der Waals surface area (Å²) in [5, 5.41) is 0. The highest BCUT2D eigenvalue weighted by molar-refractivity contribution is 5.69. The van der Waals surface area contributed by atoms with E-state index < -0.39 is 0 Å². The highest BCUT2D eigenvalue weighted by atomic mass is 16.5. The Morgan fingerprint density at radius 1 is 0.485 bits per heavy atom. The van der Waals surface area contributed by atoms with Crippen LogP contribution in [0.4, 0.5) is 0 Å². The molecule has 0 saturated heterocycles. The Balaban J connectivity index is 3.28. The molecule has 0 aromatic rings. The summed E-state index contributed by atoms with van der Waals surface area (Å²) in [5.74, 6) is 1.40. The number of rotatable bonds is 23. The molecule has 1 unspecified atom stereocenters. The smallest absolute Gasteiger partial charge is 0.305 e. The molecule has 0 fully saturated rings. The van der Waals surface area contributed by atoms with Crippen molar-refractivity contribution in [3.8, 4) is 0 Å². The first-order valence-electron chi connectivity index (χ1n) is 14.1. The second-order valence-corrected chi connectivity index (χ2v) is 10.9. The molecule has 0 radical (unpaired) electrons. The zero-order valence-corrected chi connectivity index (χ0v) is 22.8. The zero-order chi connectivity index (χ0) is 24.7. The van der Waals surface area contributed by atoms with E-state index in [9.17, 15) is 9.59 Å². The van der Waals surface area contributed by atoms with Crippen LogP contribution in [0.25, 0.3) is 0 Å². The van der Waals surface area contributed by atoms with Crippen molar-refractivity contribution in [1.82, 2.24) is 0 Å². The molecule has 0 saturated carbocycles. The van der Waals surface area contributed by atoms with Gasteiger partial charge >= 0.3 is 11.9 Å². The van der Waals surface area contributed by atoms with Gasteiger partial charge in [0.1, 0.15) is 0 Å². The second kappa shape index (κ2) is 22.7. The van der Waals surface area contributed by atoms with E-state index in [4.69, 9.17) is 9.47 Å². The molecule has 0 amide bonds. The Labute approximate surface area is 206 Å². The van der Waals surface area contributed by atoms with Gasteiger partial charge in [-0.1, -0.05) is 118 Å². The fraction of sp³-hybridized carbons (Fsp3) is 0.931. The fourth-order valence-corrected chi connectivity index (χ4v) is 3.88. The molecule has 0 aliphatic carbocycles. The van der Waals surface area contributed by atoms with Gasteiger partial charge in [0.05, 0.1) is 13.2 Å². The molecule has 0 aliphatic heterocycles. The number of ether oxygens (including phenoxy) is 2.